The monoisotopic (exact) mass is 236 g/mol. The van der Waals surface area contributed by atoms with Crippen molar-refractivity contribution in [3.63, 3.8) is 0 Å². The number of anilines is 1. The number of hydrogen-bond donors (Lipinski definition) is 1. The first-order valence-electron chi connectivity index (χ1n) is 5.87. The second-order valence-corrected chi connectivity index (χ2v) is 4.09. The van der Waals surface area contributed by atoms with E-state index in [-0.39, 0.29) is 11.9 Å². The smallest absolute Gasteiger partial charge is 0.274 e. The Labute approximate surface area is 102 Å². The fourth-order valence-corrected chi connectivity index (χ4v) is 1.56. The fraction of sp³-hybridized carbons (Fsp3) is 0.583. The first-order chi connectivity index (χ1) is 8.10. The predicted octanol–water partition coefficient (Wildman–Crippen LogP) is 1.78. The molecule has 0 aliphatic carbocycles. The van der Waals surface area contributed by atoms with Crippen LogP contribution in [0.3, 0.4) is 0 Å². The van der Waals surface area contributed by atoms with E-state index in [1.807, 2.05) is 6.92 Å². The molecular formula is C12H20N4O. The van der Waals surface area contributed by atoms with E-state index in [1.165, 1.54) is 6.20 Å². The molecule has 17 heavy (non-hydrogen) atoms. The van der Waals surface area contributed by atoms with E-state index < -0.39 is 0 Å². The maximum Gasteiger partial charge on any atom is 0.274 e. The number of carbonyl (C=O) groups excluding carboxylic acids is 1. The molecule has 0 bridgehead atoms. The van der Waals surface area contributed by atoms with Gasteiger partial charge in [0.25, 0.3) is 5.91 Å². The lowest BCUT2D eigenvalue weighted by molar-refractivity contribution is 0.0730. The van der Waals surface area contributed by atoms with Crippen LogP contribution in [0.5, 0.6) is 0 Å². The third-order valence-electron chi connectivity index (χ3n) is 2.82. The summed E-state index contributed by atoms with van der Waals surface area (Å²) in [4.78, 5) is 22.0. The second kappa shape index (κ2) is 6.18. The molecule has 1 atom stereocenters. The molecule has 1 amide bonds. The minimum atomic E-state index is -0.0823. The Balaban J connectivity index is 2.74. The van der Waals surface area contributed by atoms with Crippen molar-refractivity contribution in [2.24, 2.45) is 0 Å². The number of hydrogen-bond acceptors (Lipinski definition) is 4. The zero-order valence-electron chi connectivity index (χ0n) is 10.9. The van der Waals surface area contributed by atoms with Crippen molar-refractivity contribution in [3.05, 3.63) is 18.1 Å². The summed E-state index contributed by atoms with van der Waals surface area (Å²) in [6, 6.07) is 0.221. The molecule has 94 valence electrons. The standard InChI is InChI=1S/C12H20N4O/c1-5-6-9(2)16(4)12(17)10-7-15-11(13-3)8-14-10/h7-9H,5-6H2,1-4H3,(H,13,15). The number of amides is 1. The molecule has 1 aromatic heterocycles. The van der Waals surface area contributed by atoms with Crippen molar-refractivity contribution in [2.75, 3.05) is 19.4 Å². The normalized spacial score (nSPS) is 12.0. The Kier molecular flexibility index (Phi) is 4.87. The molecule has 1 heterocycles. The zero-order chi connectivity index (χ0) is 12.8. The van der Waals surface area contributed by atoms with Gasteiger partial charge in [0.2, 0.25) is 0 Å². The van der Waals surface area contributed by atoms with Crippen LogP contribution in [0.2, 0.25) is 0 Å². The Morgan fingerprint density at radius 1 is 1.47 bits per heavy atom. The third kappa shape index (κ3) is 3.41. The van der Waals surface area contributed by atoms with Gasteiger partial charge < -0.3 is 10.2 Å². The highest BCUT2D eigenvalue weighted by atomic mass is 16.2. The van der Waals surface area contributed by atoms with Gasteiger partial charge in [-0.2, -0.15) is 0 Å². The number of carbonyl (C=O) groups is 1. The van der Waals surface area contributed by atoms with Gasteiger partial charge in [-0.3, -0.25) is 4.79 Å². The highest BCUT2D eigenvalue weighted by Gasteiger charge is 2.18. The molecule has 0 saturated heterocycles. The maximum absolute atomic E-state index is 12.1. The average Bonchev–Trinajstić information content (AvgIpc) is 2.37. The molecule has 1 aromatic rings. The molecule has 1 rings (SSSR count). The quantitative estimate of drug-likeness (QED) is 0.846. The van der Waals surface area contributed by atoms with Gasteiger partial charge in [-0.15, -0.1) is 0 Å². The van der Waals surface area contributed by atoms with Crippen LogP contribution < -0.4 is 5.32 Å². The van der Waals surface area contributed by atoms with E-state index in [9.17, 15) is 4.79 Å². The van der Waals surface area contributed by atoms with Crippen molar-refractivity contribution in [1.82, 2.24) is 14.9 Å². The van der Waals surface area contributed by atoms with Crippen LogP contribution in [0.1, 0.15) is 37.2 Å². The summed E-state index contributed by atoms with van der Waals surface area (Å²) in [6.07, 6.45) is 5.11. The Hall–Kier alpha value is -1.65. The molecule has 1 N–H and O–H groups in total. The average molecular weight is 236 g/mol. The predicted molar refractivity (Wildman–Crippen MR) is 68.0 cm³/mol. The summed E-state index contributed by atoms with van der Waals surface area (Å²) in [5.74, 6) is 0.576. The number of nitrogens with one attached hydrogen (secondary N) is 1. The molecule has 0 aliphatic rings. The van der Waals surface area contributed by atoms with Crippen LogP contribution in [0.25, 0.3) is 0 Å². The molecule has 0 aliphatic heterocycles. The van der Waals surface area contributed by atoms with Crippen LogP contribution in [0, 0.1) is 0 Å². The van der Waals surface area contributed by atoms with Gasteiger partial charge in [0.05, 0.1) is 12.4 Å². The topological polar surface area (TPSA) is 58.1 Å². The lowest BCUT2D eigenvalue weighted by atomic mass is 10.1. The largest absolute Gasteiger partial charge is 0.372 e. The molecule has 0 spiro atoms. The number of aromatic nitrogens is 2. The summed E-state index contributed by atoms with van der Waals surface area (Å²) >= 11 is 0. The van der Waals surface area contributed by atoms with Crippen molar-refractivity contribution in [2.45, 2.75) is 32.7 Å². The molecule has 0 saturated carbocycles. The zero-order valence-corrected chi connectivity index (χ0v) is 10.9. The summed E-state index contributed by atoms with van der Waals surface area (Å²) in [7, 11) is 3.57. The van der Waals surface area contributed by atoms with Gasteiger partial charge in [0.1, 0.15) is 11.5 Å². The first kappa shape index (κ1) is 13.4. The number of nitrogens with zero attached hydrogens (tertiary/aromatic N) is 3. The Morgan fingerprint density at radius 2 is 2.18 bits per heavy atom. The molecule has 0 radical (unpaired) electrons. The SMILES string of the molecule is CCCC(C)N(C)C(=O)c1cnc(NC)cn1. The summed E-state index contributed by atoms with van der Waals surface area (Å²) in [5, 5.41) is 2.87. The van der Waals surface area contributed by atoms with Crippen molar-refractivity contribution < 1.29 is 4.79 Å². The second-order valence-electron chi connectivity index (χ2n) is 4.09. The molecule has 0 aromatic carbocycles. The summed E-state index contributed by atoms with van der Waals surface area (Å²) < 4.78 is 0. The maximum atomic E-state index is 12.1. The van der Waals surface area contributed by atoms with Crippen molar-refractivity contribution in [3.8, 4) is 0 Å². The van der Waals surface area contributed by atoms with E-state index in [1.54, 1.807) is 25.2 Å². The van der Waals surface area contributed by atoms with Gasteiger partial charge in [-0.1, -0.05) is 13.3 Å². The number of rotatable bonds is 5. The van der Waals surface area contributed by atoms with E-state index in [4.69, 9.17) is 0 Å². The van der Waals surface area contributed by atoms with E-state index in [2.05, 4.69) is 22.2 Å². The van der Waals surface area contributed by atoms with Crippen molar-refractivity contribution in [1.29, 1.82) is 0 Å². The molecule has 5 heteroatoms. The van der Waals surface area contributed by atoms with Gasteiger partial charge in [-0.05, 0) is 13.3 Å². The first-order valence-corrected chi connectivity index (χ1v) is 5.87. The highest BCUT2D eigenvalue weighted by molar-refractivity contribution is 5.92. The Morgan fingerprint density at radius 3 is 2.65 bits per heavy atom. The molecule has 0 fully saturated rings. The van der Waals surface area contributed by atoms with E-state index in [0.717, 1.165) is 12.8 Å². The van der Waals surface area contributed by atoms with Gasteiger partial charge in [-0.25, -0.2) is 9.97 Å². The third-order valence-corrected chi connectivity index (χ3v) is 2.82. The molecular weight excluding hydrogens is 216 g/mol. The van der Waals surface area contributed by atoms with Gasteiger partial charge in [0, 0.05) is 20.1 Å². The van der Waals surface area contributed by atoms with Crippen LogP contribution in [-0.4, -0.2) is 40.9 Å². The minimum Gasteiger partial charge on any atom is -0.372 e. The summed E-state index contributed by atoms with van der Waals surface area (Å²) in [5.41, 5.74) is 0.384. The van der Waals surface area contributed by atoms with Gasteiger partial charge in [0.15, 0.2) is 0 Å². The lowest BCUT2D eigenvalue weighted by Gasteiger charge is -2.24. The fourth-order valence-electron chi connectivity index (χ4n) is 1.56. The lowest BCUT2D eigenvalue weighted by Crippen LogP contribution is -2.35. The molecule has 1 unspecified atom stereocenters. The van der Waals surface area contributed by atoms with Crippen molar-refractivity contribution >= 4 is 11.7 Å². The van der Waals surface area contributed by atoms with Gasteiger partial charge >= 0.3 is 0 Å². The van der Waals surface area contributed by atoms with Crippen LogP contribution in [-0.2, 0) is 0 Å². The van der Waals surface area contributed by atoms with Crippen LogP contribution >= 0.6 is 0 Å². The molecule has 5 nitrogen and oxygen atoms in total. The Bertz CT molecular complexity index is 363. The minimum absolute atomic E-state index is 0.0823. The highest BCUT2D eigenvalue weighted by Crippen LogP contribution is 2.09. The van der Waals surface area contributed by atoms with E-state index in [0.29, 0.717) is 11.5 Å². The van der Waals surface area contributed by atoms with E-state index >= 15 is 0 Å². The van der Waals surface area contributed by atoms with Crippen LogP contribution in [0.4, 0.5) is 5.82 Å². The summed E-state index contributed by atoms with van der Waals surface area (Å²) in [6.45, 7) is 4.15. The van der Waals surface area contributed by atoms with Crippen LogP contribution in [0.15, 0.2) is 12.4 Å².